The first-order chi connectivity index (χ1) is 7.98. The van der Waals surface area contributed by atoms with Crippen LogP contribution < -0.4 is 10.1 Å². The zero-order valence-electron chi connectivity index (χ0n) is 11.6. The number of aromatic nitrogens is 1. The van der Waals surface area contributed by atoms with Crippen molar-refractivity contribution in [2.75, 3.05) is 14.2 Å². The standard InChI is InChI=1S/C14H24N2O/c1-14(2,3)9-8-12(15-4)11-7-6-10-16-13(11)17-5/h6-7,10,12,15H,8-9H2,1-5H3. The Morgan fingerprint density at radius 3 is 2.65 bits per heavy atom. The average molecular weight is 236 g/mol. The molecule has 1 N–H and O–H groups in total. The molecule has 1 aromatic heterocycles. The minimum absolute atomic E-state index is 0.304. The van der Waals surface area contributed by atoms with E-state index in [1.807, 2.05) is 13.1 Å². The van der Waals surface area contributed by atoms with Gasteiger partial charge in [0.1, 0.15) is 0 Å². The highest BCUT2D eigenvalue weighted by atomic mass is 16.5. The Labute approximate surface area is 105 Å². The van der Waals surface area contributed by atoms with E-state index in [2.05, 4.69) is 37.1 Å². The summed E-state index contributed by atoms with van der Waals surface area (Å²) < 4.78 is 5.31. The predicted molar refractivity (Wildman–Crippen MR) is 71.3 cm³/mol. The molecule has 0 spiro atoms. The monoisotopic (exact) mass is 236 g/mol. The van der Waals surface area contributed by atoms with Gasteiger partial charge < -0.3 is 10.1 Å². The minimum Gasteiger partial charge on any atom is -0.481 e. The van der Waals surface area contributed by atoms with E-state index >= 15 is 0 Å². The summed E-state index contributed by atoms with van der Waals surface area (Å²) in [4.78, 5) is 4.25. The van der Waals surface area contributed by atoms with Gasteiger partial charge in [-0.25, -0.2) is 4.98 Å². The Morgan fingerprint density at radius 2 is 2.12 bits per heavy atom. The first kappa shape index (κ1) is 14.0. The zero-order chi connectivity index (χ0) is 12.9. The van der Waals surface area contributed by atoms with Crippen molar-refractivity contribution < 1.29 is 4.74 Å². The number of rotatable bonds is 5. The molecule has 0 aliphatic rings. The van der Waals surface area contributed by atoms with E-state index in [1.165, 1.54) is 0 Å². The molecule has 0 aliphatic heterocycles. The maximum Gasteiger partial charge on any atom is 0.217 e. The topological polar surface area (TPSA) is 34.2 Å². The van der Waals surface area contributed by atoms with Gasteiger partial charge in [-0.15, -0.1) is 0 Å². The average Bonchev–Trinajstić information content (AvgIpc) is 2.29. The molecule has 1 heterocycles. The molecule has 1 aromatic rings. The highest BCUT2D eigenvalue weighted by Crippen LogP contribution is 2.30. The van der Waals surface area contributed by atoms with Crippen LogP contribution in [0.1, 0.15) is 45.2 Å². The van der Waals surface area contributed by atoms with E-state index in [0.717, 1.165) is 24.3 Å². The molecule has 3 heteroatoms. The van der Waals surface area contributed by atoms with Gasteiger partial charge in [0.05, 0.1) is 7.11 Å². The Morgan fingerprint density at radius 1 is 1.41 bits per heavy atom. The van der Waals surface area contributed by atoms with Crippen LogP contribution in [-0.4, -0.2) is 19.1 Å². The van der Waals surface area contributed by atoms with E-state index in [1.54, 1.807) is 13.3 Å². The van der Waals surface area contributed by atoms with Crippen molar-refractivity contribution in [1.82, 2.24) is 10.3 Å². The lowest BCUT2D eigenvalue weighted by molar-refractivity contribution is 0.329. The summed E-state index contributed by atoms with van der Waals surface area (Å²) in [6, 6.07) is 4.34. The van der Waals surface area contributed by atoms with Crippen LogP contribution in [0.25, 0.3) is 0 Å². The maximum atomic E-state index is 5.31. The first-order valence-corrected chi connectivity index (χ1v) is 6.14. The summed E-state index contributed by atoms with van der Waals surface area (Å²) in [6.07, 6.45) is 4.01. The van der Waals surface area contributed by atoms with Crippen LogP contribution in [0.15, 0.2) is 18.3 Å². The molecule has 0 saturated carbocycles. The second kappa shape index (κ2) is 6.01. The zero-order valence-corrected chi connectivity index (χ0v) is 11.6. The van der Waals surface area contributed by atoms with Crippen molar-refractivity contribution >= 4 is 0 Å². The van der Waals surface area contributed by atoms with Crippen molar-refractivity contribution in [1.29, 1.82) is 0 Å². The molecule has 0 radical (unpaired) electrons. The van der Waals surface area contributed by atoms with Gasteiger partial charge >= 0.3 is 0 Å². The molecular formula is C14H24N2O. The van der Waals surface area contributed by atoms with E-state index in [-0.39, 0.29) is 0 Å². The molecule has 0 saturated heterocycles. The number of methoxy groups -OCH3 is 1. The third-order valence-corrected chi connectivity index (χ3v) is 2.90. The van der Waals surface area contributed by atoms with Gasteiger partial charge in [-0.2, -0.15) is 0 Å². The Balaban J connectivity index is 2.79. The summed E-state index contributed by atoms with van der Waals surface area (Å²) in [7, 11) is 3.65. The van der Waals surface area contributed by atoms with Crippen molar-refractivity contribution in [3.8, 4) is 5.88 Å². The Hall–Kier alpha value is -1.09. The van der Waals surface area contributed by atoms with Crippen LogP contribution >= 0.6 is 0 Å². The van der Waals surface area contributed by atoms with E-state index in [0.29, 0.717) is 11.5 Å². The third-order valence-electron chi connectivity index (χ3n) is 2.90. The van der Waals surface area contributed by atoms with Gasteiger partial charge in [0, 0.05) is 17.8 Å². The number of ether oxygens (including phenoxy) is 1. The normalized spacial score (nSPS) is 13.5. The highest BCUT2D eigenvalue weighted by Gasteiger charge is 2.18. The molecule has 0 amide bonds. The summed E-state index contributed by atoms with van der Waals surface area (Å²) in [5, 5.41) is 3.35. The van der Waals surface area contributed by atoms with Crippen molar-refractivity contribution in [2.45, 2.75) is 39.7 Å². The van der Waals surface area contributed by atoms with Crippen LogP contribution in [0, 0.1) is 5.41 Å². The van der Waals surface area contributed by atoms with Gasteiger partial charge in [0.25, 0.3) is 0 Å². The largest absolute Gasteiger partial charge is 0.481 e. The maximum absolute atomic E-state index is 5.31. The fraction of sp³-hybridized carbons (Fsp3) is 0.643. The lowest BCUT2D eigenvalue weighted by atomic mass is 9.87. The lowest BCUT2D eigenvalue weighted by Crippen LogP contribution is -2.19. The third kappa shape index (κ3) is 4.35. The second-order valence-electron chi connectivity index (χ2n) is 5.54. The van der Waals surface area contributed by atoms with Gasteiger partial charge in [-0.1, -0.05) is 26.8 Å². The van der Waals surface area contributed by atoms with Crippen LogP contribution in [0.4, 0.5) is 0 Å². The number of nitrogens with one attached hydrogen (secondary N) is 1. The second-order valence-corrected chi connectivity index (χ2v) is 5.54. The summed E-state index contributed by atoms with van der Waals surface area (Å²) in [5.74, 6) is 0.723. The van der Waals surface area contributed by atoms with Gasteiger partial charge in [0.15, 0.2) is 0 Å². The van der Waals surface area contributed by atoms with Crippen LogP contribution in [0.2, 0.25) is 0 Å². The fourth-order valence-corrected chi connectivity index (χ4v) is 1.87. The molecule has 17 heavy (non-hydrogen) atoms. The van der Waals surface area contributed by atoms with Crippen molar-refractivity contribution in [2.24, 2.45) is 5.41 Å². The molecule has 0 fully saturated rings. The van der Waals surface area contributed by atoms with Gasteiger partial charge in [-0.05, 0) is 31.4 Å². The van der Waals surface area contributed by atoms with Crippen molar-refractivity contribution in [3.63, 3.8) is 0 Å². The molecule has 1 rings (SSSR count). The number of nitrogens with zero attached hydrogens (tertiary/aromatic N) is 1. The van der Waals surface area contributed by atoms with E-state index < -0.39 is 0 Å². The van der Waals surface area contributed by atoms with Crippen LogP contribution in [0.5, 0.6) is 5.88 Å². The molecule has 0 aromatic carbocycles. The molecule has 0 bridgehead atoms. The van der Waals surface area contributed by atoms with Gasteiger partial charge in [0.2, 0.25) is 5.88 Å². The molecular weight excluding hydrogens is 212 g/mol. The molecule has 96 valence electrons. The quantitative estimate of drug-likeness (QED) is 0.852. The Bertz CT molecular complexity index is 344. The smallest absolute Gasteiger partial charge is 0.217 e. The molecule has 3 nitrogen and oxygen atoms in total. The number of hydrogen-bond acceptors (Lipinski definition) is 3. The minimum atomic E-state index is 0.304. The number of pyridine rings is 1. The molecule has 1 unspecified atom stereocenters. The Kier molecular flexibility index (Phi) is 4.94. The first-order valence-electron chi connectivity index (χ1n) is 6.14. The summed E-state index contributed by atoms with van der Waals surface area (Å²) in [6.45, 7) is 6.79. The number of hydrogen-bond donors (Lipinski definition) is 1. The SMILES string of the molecule is CNC(CCC(C)(C)C)c1cccnc1OC. The molecule has 1 atom stereocenters. The van der Waals surface area contributed by atoms with Gasteiger partial charge in [-0.3, -0.25) is 0 Å². The van der Waals surface area contributed by atoms with E-state index in [9.17, 15) is 0 Å². The fourth-order valence-electron chi connectivity index (χ4n) is 1.87. The van der Waals surface area contributed by atoms with Crippen LogP contribution in [-0.2, 0) is 0 Å². The van der Waals surface area contributed by atoms with Crippen molar-refractivity contribution in [3.05, 3.63) is 23.9 Å². The predicted octanol–water partition coefficient (Wildman–Crippen LogP) is 3.18. The van der Waals surface area contributed by atoms with E-state index in [4.69, 9.17) is 4.74 Å². The summed E-state index contributed by atoms with van der Waals surface area (Å²) in [5.41, 5.74) is 1.49. The molecule has 0 aliphatic carbocycles. The summed E-state index contributed by atoms with van der Waals surface area (Å²) >= 11 is 0. The van der Waals surface area contributed by atoms with Crippen LogP contribution in [0.3, 0.4) is 0 Å². The highest BCUT2D eigenvalue weighted by molar-refractivity contribution is 5.28. The lowest BCUT2D eigenvalue weighted by Gasteiger charge is -2.23.